The molecule has 0 unspecified atom stereocenters. The molecule has 0 bridgehead atoms. The van der Waals surface area contributed by atoms with Crippen LogP contribution in [0.1, 0.15) is 34.3 Å². The van der Waals surface area contributed by atoms with E-state index in [0.29, 0.717) is 36.5 Å². The number of hydrogen-bond donors (Lipinski definition) is 1. The normalized spacial score (nSPS) is 15.0. The molecule has 0 spiro atoms. The number of rotatable bonds is 3. The number of carbonyl (C=O) groups excluding carboxylic acids is 2. The summed E-state index contributed by atoms with van der Waals surface area (Å²) in [5.41, 5.74) is 3.75. The lowest BCUT2D eigenvalue weighted by Crippen LogP contribution is -2.41. The van der Waals surface area contributed by atoms with Crippen molar-refractivity contribution < 1.29 is 9.59 Å². The number of nitrogens with zero attached hydrogens (tertiary/aromatic N) is 1. The number of anilines is 1. The van der Waals surface area contributed by atoms with Gasteiger partial charge in [0.15, 0.2) is 0 Å². The number of aryl methyl sites for hydroxylation is 1. The Labute approximate surface area is 159 Å². The van der Waals surface area contributed by atoms with Crippen molar-refractivity contribution in [3.05, 3.63) is 64.2 Å². The Kier molecular flexibility index (Phi) is 5.62. The van der Waals surface area contributed by atoms with Crippen molar-refractivity contribution in [1.29, 1.82) is 0 Å². The van der Waals surface area contributed by atoms with Crippen LogP contribution in [0.4, 0.5) is 5.69 Å². The Morgan fingerprint density at radius 2 is 1.69 bits per heavy atom. The highest BCUT2D eigenvalue weighted by atomic mass is 35.5. The molecule has 1 aliphatic rings. The van der Waals surface area contributed by atoms with Gasteiger partial charge < -0.3 is 10.2 Å². The topological polar surface area (TPSA) is 49.4 Å². The minimum atomic E-state index is -0.0656. The highest BCUT2D eigenvalue weighted by molar-refractivity contribution is 6.30. The monoisotopic (exact) mass is 370 g/mol. The smallest absolute Gasteiger partial charge is 0.253 e. The van der Waals surface area contributed by atoms with Gasteiger partial charge in [-0.3, -0.25) is 9.59 Å². The van der Waals surface area contributed by atoms with E-state index >= 15 is 0 Å². The van der Waals surface area contributed by atoms with Crippen molar-refractivity contribution in [2.75, 3.05) is 18.4 Å². The maximum atomic E-state index is 12.6. The second kappa shape index (κ2) is 7.92. The van der Waals surface area contributed by atoms with E-state index < -0.39 is 0 Å². The van der Waals surface area contributed by atoms with Gasteiger partial charge in [0.25, 0.3) is 5.91 Å². The van der Waals surface area contributed by atoms with Crippen LogP contribution in [0.25, 0.3) is 0 Å². The van der Waals surface area contributed by atoms with Crippen molar-refractivity contribution >= 4 is 29.1 Å². The van der Waals surface area contributed by atoms with E-state index in [1.807, 2.05) is 36.9 Å². The number of benzene rings is 2. The minimum Gasteiger partial charge on any atom is -0.339 e. The molecule has 2 aromatic carbocycles. The summed E-state index contributed by atoms with van der Waals surface area (Å²) in [5.74, 6) is -0.0310. The first kappa shape index (κ1) is 18.5. The second-order valence-electron chi connectivity index (χ2n) is 6.81. The van der Waals surface area contributed by atoms with Crippen LogP contribution in [0.2, 0.25) is 5.02 Å². The van der Waals surface area contributed by atoms with Gasteiger partial charge >= 0.3 is 0 Å². The molecule has 1 aliphatic heterocycles. The lowest BCUT2D eigenvalue weighted by Gasteiger charge is -2.31. The summed E-state index contributed by atoms with van der Waals surface area (Å²) in [6.07, 6.45) is 1.35. The average molecular weight is 371 g/mol. The van der Waals surface area contributed by atoms with E-state index in [4.69, 9.17) is 11.6 Å². The van der Waals surface area contributed by atoms with E-state index in [1.54, 1.807) is 24.3 Å². The lowest BCUT2D eigenvalue weighted by atomic mass is 9.95. The van der Waals surface area contributed by atoms with Gasteiger partial charge in [-0.05, 0) is 68.1 Å². The highest BCUT2D eigenvalue weighted by Gasteiger charge is 2.28. The molecule has 0 radical (unpaired) electrons. The molecule has 0 aromatic heterocycles. The molecule has 5 heteroatoms. The van der Waals surface area contributed by atoms with Gasteiger partial charge in [0.1, 0.15) is 0 Å². The Morgan fingerprint density at radius 3 is 2.35 bits per heavy atom. The number of hydrogen-bond acceptors (Lipinski definition) is 2. The summed E-state index contributed by atoms with van der Waals surface area (Å²) >= 11 is 5.87. The van der Waals surface area contributed by atoms with Crippen LogP contribution in [0.5, 0.6) is 0 Å². The predicted octanol–water partition coefficient (Wildman–Crippen LogP) is 4.45. The fraction of sp³-hybridized carbons (Fsp3) is 0.333. The number of amides is 2. The third-order valence-electron chi connectivity index (χ3n) is 5.11. The minimum absolute atomic E-state index is 0.00458. The molecule has 2 aromatic rings. The summed E-state index contributed by atoms with van der Waals surface area (Å²) in [5, 5.41) is 3.66. The number of halogens is 1. The van der Waals surface area contributed by atoms with Crippen molar-refractivity contribution in [2.24, 2.45) is 5.92 Å². The maximum Gasteiger partial charge on any atom is 0.253 e. The van der Waals surface area contributed by atoms with Crippen molar-refractivity contribution in [3.8, 4) is 0 Å². The summed E-state index contributed by atoms with van der Waals surface area (Å²) in [6.45, 7) is 5.23. The standard InChI is InChI=1S/C21H23ClN2O2/c1-14-4-3-5-19(15(14)2)23-20(25)16-10-12-24(13-11-16)21(26)17-6-8-18(22)9-7-17/h3-9,16H,10-13H2,1-2H3,(H,23,25). The predicted molar refractivity (Wildman–Crippen MR) is 105 cm³/mol. The Bertz CT molecular complexity index is 809. The first-order valence-corrected chi connectivity index (χ1v) is 9.25. The third-order valence-corrected chi connectivity index (χ3v) is 5.36. The summed E-state index contributed by atoms with van der Waals surface area (Å²) < 4.78 is 0. The molecule has 1 heterocycles. The summed E-state index contributed by atoms with van der Waals surface area (Å²) in [4.78, 5) is 26.9. The van der Waals surface area contributed by atoms with E-state index in [2.05, 4.69) is 5.32 Å². The zero-order valence-corrected chi connectivity index (χ0v) is 15.8. The van der Waals surface area contributed by atoms with Crippen molar-refractivity contribution in [1.82, 2.24) is 4.90 Å². The Morgan fingerprint density at radius 1 is 1.04 bits per heavy atom. The van der Waals surface area contributed by atoms with Crippen LogP contribution < -0.4 is 5.32 Å². The van der Waals surface area contributed by atoms with E-state index in [9.17, 15) is 9.59 Å². The molecule has 0 atom stereocenters. The largest absolute Gasteiger partial charge is 0.339 e. The molecular weight excluding hydrogens is 348 g/mol. The van der Waals surface area contributed by atoms with E-state index in [1.165, 1.54) is 0 Å². The molecule has 0 saturated carbocycles. The second-order valence-corrected chi connectivity index (χ2v) is 7.25. The number of piperidine rings is 1. The fourth-order valence-corrected chi connectivity index (χ4v) is 3.37. The van der Waals surface area contributed by atoms with Gasteiger partial charge in [0, 0.05) is 35.3 Å². The quantitative estimate of drug-likeness (QED) is 0.867. The SMILES string of the molecule is Cc1cccc(NC(=O)C2CCN(C(=O)c3ccc(Cl)cc3)CC2)c1C. The summed E-state index contributed by atoms with van der Waals surface area (Å²) in [6, 6.07) is 12.8. The first-order chi connectivity index (χ1) is 12.5. The molecule has 136 valence electrons. The van der Waals surface area contributed by atoms with Gasteiger partial charge in [-0.2, -0.15) is 0 Å². The molecule has 26 heavy (non-hydrogen) atoms. The molecule has 1 saturated heterocycles. The molecule has 0 aliphatic carbocycles. The fourth-order valence-electron chi connectivity index (χ4n) is 3.24. The Balaban J connectivity index is 1.57. The molecule has 4 nitrogen and oxygen atoms in total. The van der Waals surface area contributed by atoms with Crippen LogP contribution in [0.15, 0.2) is 42.5 Å². The molecule has 1 N–H and O–H groups in total. The van der Waals surface area contributed by atoms with E-state index in [-0.39, 0.29) is 17.7 Å². The van der Waals surface area contributed by atoms with Crippen LogP contribution in [-0.4, -0.2) is 29.8 Å². The van der Waals surface area contributed by atoms with E-state index in [0.717, 1.165) is 16.8 Å². The maximum absolute atomic E-state index is 12.6. The Hall–Kier alpha value is -2.33. The lowest BCUT2D eigenvalue weighted by molar-refractivity contribution is -0.121. The molecule has 2 amide bonds. The van der Waals surface area contributed by atoms with Crippen LogP contribution >= 0.6 is 11.6 Å². The van der Waals surface area contributed by atoms with Gasteiger partial charge in [-0.25, -0.2) is 0 Å². The third kappa shape index (κ3) is 4.07. The molecule has 1 fully saturated rings. The van der Waals surface area contributed by atoms with Crippen LogP contribution in [0.3, 0.4) is 0 Å². The van der Waals surface area contributed by atoms with Crippen LogP contribution in [0, 0.1) is 19.8 Å². The molecule has 3 rings (SSSR count). The summed E-state index contributed by atoms with van der Waals surface area (Å²) in [7, 11) is 0. The van der Waals surface area contributed by atoms with Gasteiger partial charge in [-0.1, -0.05) is 23.7 Å². The average Bonchev–Trinajstić information content (AvgIpc) is 2.65. The first-order valence-electron chi connectivity index (χ1n) is 8.87. The van der Waals surface area contributed by atoms with Gasteiger partial charge in [0.2, 0.25) is 5.91 Å². The van der Waals surface area contributed by atoms with Gasteiger partial charge in [-0.15, -0.1) is 0 Å². The number of carbonyl (C=O) groups is 2. The number of likely N-dealkylation sites (tertiary alicyclic amines) is 1. The van der Waals surface area contributed by atoms with Gasteiger partial charge in [0.05, 0.1) is 0 Å². The van der Waals surface area contributed by atoms with Crippen molar-refractivity contribution in [3.63, 3.8) is 0 Å². The molecular formula is C21H23ClN2O2. The number of nitrogens with one attached hydrogen (secondary N) is 1. The van der Waals surface area contributed by atoms with Crippen molar-refractivity contribution in [2.45, 2.75) is 26.7 Å². The van der Waals surface area contributed by atoms with Crippen LogP contribution in [-0.2, 0) is 4.79 Å². The zero-order chi connectivity index (χ0) is 18.7. The zero-order valence-electron chi connectivity index (χ0n) is 15.1. The highest BCUT2D eigenvalue weighted by Crippen LogP contribution is 2.23.